The Bertz CT molecular complexity index is 1440. The largest absolute Gasteiger partial charge is 0.492 e. The SMILES string of the molecule is Cc1nc(N[C@H](C)c2cccc(C(F)F)c2F)c2cc([C@@]3(O)CCN(C(=O)CF)[C@H](C)C3)c3c(c2n1)CCO3. The molecule has 1 saturated heterocycles. The minimum Gasteiger partial charge on any atom is -0.492 e. The maximum atomic E-state index is 14.9. The molecule has 0 spiro atoms. The van der Waals surface area contributed by atoms with Crippen LogP contribution in [0.4, 0.5) is 23.4 Å². The van der Waals surface area contributed by atoms with Crippen LogP contribution in [0.3, 0.4) is 0 Å². The summed E-state index contributed by atoms with van der Waals surface area (Å²) in [5.41, 5.74) is -0.0124. The number of aliphatic hydroxyl groups is 1. The van der Waals surface area contributed by atoms with Crippen molar-refractivity contribution in [1.29, 1.82) is 0 Å². The lowest BCUT2D eigenvalue weighted by atomic mass is 9.79. The second-order valence-corrected chi connectivity index (χ2v) is 10.3. The maximum Gasteiger partial charge on any atom is 0.266 e. The highest BCUT2D eigenvalue weighted by atomic mass is 19.3. The van der Waals surface area contributed by atoms with Gasteiger partial charge in [-0.2, -0.15) is 0 Å². The number of fused-ring (bicyclic) bond motifs is 3. The Kier molecular flexibility index (Phi) is 7.13. The number of ether oxygens (including phenoxy) is 1. The van der Waals surface area contributed by atoms with Gasteiger partial charge < -0.3 is 20.1 Å². The van der Waals surface area contributed by atoms with Crippen molar-refractivity contribution in [3.05, 3.63) is 58.2 Å². The third kappa shape index (κ3) is 4.77. The Morgan fingerprint density at radius 3 is 2.74 bits per heavy atom. The molecular weight excluding hydrogens is 516 g/mol. The number of halogens is 4. The average Bonchev–Trinajstić information content (AvgIpc) is 3.38. The number of hydrogen-bond donors (Lipinski definition) is 2. The van der Waals surface area contributed by atoms with E-state index >= 15 is 0 Å². The lowest BCUT2D eigenvalue weighted by Gasteiger charge is -2.43. The summed E-state index contributed by atoms with van der Waals surface area (Å²) in [7, 11) is 0. The summed E-state index contributed by atoms with van der Waals surface area (Å²) in [6.45, 7) is 4.62. The van der Waals surface area contributed by atoms with E-state index < -0.39 is 48.1 Å². The molecule has 11 heteroatoms. The van der Waals surface area contributed by atoms with Crippen molar-refractivity contribution in [2.24, 2.45) is 0 Å². The van der Waals surface area contributed by atoms with E-state index in [0.29, 0.717) is 46.9 Å². The molecular formula is C28H30F4N4O3. The molecule has 1 aromatic heterocycles. The molecule has 3 heterocycles. The second-order valence-electron chi connectivity index (χ2n) is 10.3. The predicted molar refractivity (Wildman–Crippen MR) is 137 cm³/mol. The molecule has 3 atom stereocenters. The Hall–Kier alpha value is -3.47. The topological polar surface area (TPSA) is 87.6 Å². The lowest BCUT2D eigenvalue weighted by Crippen LogP contribution is -2.50. The monoisotopic (exact) mass is 546 g/mol. The number of carbonyl (C=O) groups excluding carboxylic acids is 1. The van der Waals surface area contributed by atoms with Crippen LogP contribution in [0, 0.1) is 12.7 Å². The van der Waals surface area contributed by atoms with Crippen molar-refractivity contribution in [2.75, 3.05) is 25.1 Å². The van der Waals surface area contributed by atoms with Crippen molar-refractivity contribution in [3.63, 3.8) is 0 Å². The smallest absolute Gasteiger partial charge is 0.266 e. The molecule has 1 amide bonds. The fraction of sp³-hybridized carbons (Fsp3) is 0.464. The molecule has 0 saturated carbocycles. The summed E-state index contributed by atoms with van der Waals surface area (Å²) < 4.78 is 60.5. The van der Waals surface area contributed by atoms with Gasteiger partial charge in [0.05, 0.1) is 29.3 Å². The first-order chi connectivity index (χ1) is 18.5. The van der Waals surface area contributed by atoms with Gasteiger partial charge in [0.25, 0.3) is 12.3 Å². The summed E-state index contributed by atoms with van der Waals surface area (Å²) in [5, 5.41) is 15.6. The number of aryl methyl sites for hydroxylation is 1. The minimum absolute atomic E-state index is 0.0688. The van der Waals surface area contributed by atoms with Crippen LogP contribution >= 0.6 is 0 Å². The first-order valence-corrected chi connectivity index (χ1v) is 12.9. The number of aromatic nitrogens is 2. The number of alkyl halides is 3. The number of nitrogens with one attached hydrogen (secondary N) is 1. The van der Waals surface area contributed by atoms with Crippen molar-refractivity contribution in [2.45, 2.75) is 64.1 Å². The summed E-state index contributed by atoms with van der Waals surface area (Å²) in [6, 6.07) is 4.52. The summed E-state index contributed by atoms with van der Waals surface area (Å²) >= 11 is 0. The van der Waals surface area contributed by atoms with Gasteiger partial charge in [0.1, 0.15) is 23.2 Å². The van der Waals surface area contributed by atoms with E-state index in [0.717, 1.165) is 11.6 Å². The quantitative estimate of drug-likeness (QED) is 0.409. The average molecular weight is 547 g/mol. The van der Waals surface area contributed by atoms with E-state index in [2.05, 4.69) is 15.3 Å². The van der Waals surface area contributed by atoms with Gasteiger partial charge in [0.2, 0.25) is 0 Å². The zero-order chi connectivity index (χ0) is 28.1. The van der Waals surface area contributed by atoms with Gasteiger partial charge in [-0.25, -0.2) is 27.5 Å². The van der Waals surface area contributed by atoms with Crippen LogP contribution in [0.5, 0.6) is 5.75 Å². The van der Waals surface area contributed by atoms with Crippen LogP contribution in [-0.4, -0.2) is 51.7 Å². The Morgan fingerprint density at radius 2 is 2.05 bits per heavy atom. The van der Waals surface area contributed by atoms with E-state index in [-0.39, 0.29) is 24.9 Å². The highest BCUT2D eigenvalue weighted by molar-refractivity contribution is 5.94. The highest BCUT2D eigenvalue weighted by Gasteiger charge is 2.43. The molecule has 2 aliphatic heterocycles. The van der Waals surface area contributed by atoms with Crippen molar-refractivity contribution in [1.82, 2.24) is 14.9 Å². The number of nitrogens with zero attached hydrogens (tertiary/aromatic N) is 3. The van der Waals surface area contributed by atoms with Crippen LogP contribution < -0.4 is 10.1 Å². The van der Waals surface area contributed by atoms with Crippen LogP contribution in [0.1, 0.15) is 67.2 Å². The minimum atomic E-state index is -2.95. The molecule has 2 N–H and O–H groups in total. The van der Waals surface area contributed by atoms with Gasteiger partial charge in [0, 0.05) is 47.5 Å². The number of carbonyl (C=O) groups is 1. The van der Waals surface area contributed by atoms with E-state index in [4.69, 9.17) is 4.74 Å². The summed E-state index contributed by atoms with van der Waals surface area (Å²) in [4.78, 5) is 22.6. The van der Waals surface area contributed by atoms with Gasteiger partial charge in [0.15, 0.2) is 6.67 Å². The second kappa shape index (κ2) is 10.3. The van der Waals surface area contributed by atoms with E-state index in [1.54, 1.807) is 26.8 Å². The molecule has 2 aromatic carbocycles. The number of likely N-dealkylation sites (tertiary alicyclic amines) is 1. The van der Waals surface area contributed by atoms with E-state index in [9.17, 15) is 27.5 Å². The van der Waals surface area contributed by atoms with Crippen LogP contribution in [0.15, 0.2) is 24.3 Å². The van der Waals surface area contributed by atoms with Crippen LogP contribution in [0.25, 0.3) is 10.9 Å². The normalized spacial score (nSPS) is 21.7. The number of rotatable bonds is 6. The van der Waals surface area contributed by atoms with Crippen molar-refractivity contribution in [3.8, 4) is 5.75 Å². The third-order valence-electron chi connectivity index (χ3n) is 7.73. The zero-order valence-electron chi connectivity index (χ0n) is 21.9. The van der Waals surface area contributed by atoms with Gasteiger partial charge in [-0.05, 0) is 33.3 Å². The number of benzene rings is 2. The molecule has 5 rings (SSSR count). The van der Waals surface area contributed by atoms with Crippen LogP contribution in [0.2, 0.25) is 0 Å². The van der Waals surface area contributed by atoms with E-state index in [1.165, 1.54) is 17.0 Å². The fourth-order valence-electron chi connectivity index (χ4n) is 5.81. The fourth-order valence-corrected chi connectivity index (χ4v) is 5.81. The van der Waals surface area contributed by atoms with Gasteiger partial charge >= 0.3 is 0 Å². The van der Waals surface area contributed by atoms with Gasteiger partial charge in [-0.15, -0.1) is 0 Å². The molecule has 0 radical (unpaired) electrons. The number of piperidine rings is 1. The number of amides is 1. The van der Waals surface area contributed by atoms with Gasteiger partial charge in [-0.3, -0.25) is 4.79 Å². The third-order valence-corrected chi connectivity index (χ3v) is 7.73. The molecule has 0 aliphatic carbocycles. The molecule has 1 fully saturated rings. The Balaban J connectivity index is 1.58. The molecule has 3 aromatic rings. The first-order valence-electron chi connectivity index (χ1n) is 12.9. The zero-order valence-corrected chi connectivity index (χ0v) is 21.9. The Morgan fingerprint density at radius 1 is 1.31 bits per heavy atom. The molecule has 208 valence electrons. The highest BCUT2D eigenvalue weighted by Crippen LogP contribution is 2.47. The number of anilines is 1. The lowest BCUT2D eigenvalue weighted by molar-refractivity contribution is -0.140. The molecule has 0 unspecified atom stereocenters. The van der Waals surface area contributed by atoms with Crippen LogP contribution in [-0.2, 0) is 16.8 Å². The van der Waals surface area contributed by atoms with Crippen molar-refractivity contribution >= 4 is 22.6 Å². The summed E-state index contributed by atoms with van der Waals surface area (Å²) in [6.07, 6.45) is -2.03. The predicted octanol–water partition coefficient (Wildman–Crippen LogP) is 5.29. The summed E-state index contributed by atoms with van der Waals surface area (Å²) in [5.74, 6) is -0.238. The van der Waals surface area contributed by atoms with E-state index in [1.807, 2.05) is 0 Å². The standard InChI is InChI=1S/C28H30F4N4O3/c1-14-12-28(38,8-9-36(14)22(37)13-29)21-11-20-24(19-7-10-39-25(19)21)34-16(3)35-27(20)33-15(2)17-5-4-6-18(23(17)30)26(31)32/h4-6,11,14-15,26,38H,7-10,12-13H2,1-3H3,(H,33,34,35)/t14-,15-,28-/m1/s1. The first kappa shape index (κ1) is 27.1. The van der Waals surface area contributed by atoms with Crippen molar-refractivity contribution < 1.29 is 32.2 Å². The molecule has 7 nitrogen and oxygen atoms in total. The molecule has 0 bridgehead atoms. The molecule has 2 aliphatic rings. The van der Waals surface area contributed by atoms with Gasteiger partial charge in [-0.1, -0.05) is 18.2 Å². The maximum absolute atomic E-state index is 14.9. The molecule has 39 heavy (non-hydrogen) atoms. The number of hydrogen-bond acceptors (Lipinski definition) is 6. The Labute approximate surface area is 223 Å².